The molecular weight excluding hydrogens is 224 g/mol. The van der Waals surface area contributed by atoms with Gasteiger partial charge in [-0.05, 0) is 38.2 Å². The Balaban J connectivity index is 2.07. The summed E-state index contributed by atoms with van der Waals surface area (Å²) in [6, 6.07) is 4.72. The Hall–Kier alpha value is -1.13. The van der Waals surface area contributed by atoms with Gasteiger partial charge in [-0.3, -0.25) is 0 Å². The van der Waals surface area contributed by atoms with Crippen molar-refractivity contribution in [2.75, 3.05) is 44.7 Å². The molecule has 0 aliphatic carbocycles. The molecule has 1 N–H and O–H groups in total. The maximum Gasteiger partial charge on any atom is 0.128 e. The summed E-state index contributed by atoms with van der Waals surface area (Å²) >= 11 is 0. The molecule has 0 bridgehead atoms. The van der Waals surface area contributed by atoms with E-state index in [2.05, 4.69) is 53.1 Å². The van der Waals surface area contributed by atoms with Crippen molar-refractivity contribution >= 4 is 5.82 Å². The van der Waals surface area contributed by atoms with Crippen molar-refractivity contribution < 1.29 is 0 Å². The van der Waals surface area contributed by atoms with Gasteiger partial charge in [-0.15, -0.1) is 0 Å². The molecule has 0 radical (unpaired) electrons. The number of piperazine rings is 1. The number of hydrogen-bond donors (Lipinski definition) is 1. The number of nitrogens with zero attached hydrogens (tertiary/aromatic N) is 3. The first-order valence-electron chi connectivity index (χ1n) is 6.83. The predicted molar refractivity (Wildman–Crippen MR) is 76.0 cm³/mol. The van der Waals surface area contributed by atoms with Gasteiger partial charge < -0.3 is 15.1 Å². The highest BCUT2D eigenvalue weighted by atomic mass is 15.3. The van der Waals surface area contributed by atoms with Gasteiger partial charge in [0.1, 0.15) is 5.82 Å². The molecule has 0 spiro atoms. The minimum Gasteiger partial charge on any atom is -0.354 e. The van der Waals surface area contributed by atoms with Crippen molar-refractivity contribution in [2.24, 2.45) is 0 Å². The lowest BCUT2D eigenvalue weighted by molar-refractivity contribution is 0.312. The van der Waals surface area contributed by atoms with Crippen LogP contribution in [0.25, 0.3) is 0 Å². The van der Waals surface area contributed by atoms with Gasteiger partial charge in [-0.1, -0.05) is 6.92 Å². The number of aromatic nitrogens is 1. The average molecular weight is 248 g/mol. The van der Waals surface area contributed by atoms with Crippen LogP contribution in [-0.2, 0) is 0 Å². The molecule has 1 aromatic rings. The second-order valence-electron chi connectivity index (χ2n) is 5.02. The molecule has 1 aromatic heterocycles. The fourth-order valence-corrected chi connectivity index (χ4v) is 2.34. The van der Waals surface area contributed by atoms with Crippen LogP contribution in [0.5, 0.6) is 0 Å². The molecule has 0 saturated carbocycles. The summed E-state index contributed by atoms with van der Waals surface area (Å²) in [5.41, 5.74) is 1.32. The van der Waals surface area contributed by atoms with Crippen LogP contribution < -0.4 is 10.2 Å². The Kier molecular flexibility index (Phi) is 4.55. The maximum absolute atomic E-state index is 4.51. The molecule has 18 heavy (non-hydrogen) atoms. The molecule has 2 heterocycles. The van der Waals surface area contributed by atoms with E-state index in [0.29, 0.717) is 6.04 Å². The summed E-state index contributed by atoms with van der Waals surface area (Å²) in [6.07, 6.45) is 1.93. The van der Waals surface area contributed by atoms with Crippen LogP contribution >= 0.6 is 0 Å². The fraction of sp³-hybridized carbons (Fsp3) is 0.643. The summed E-state index contributed by atoms with van der Waals surface area (Å²) < 4.78 is 0. The second-order valence-corrected chi connectivity index (χ2v) is 5.02. The normalized spacial score (nSPS) is 18.9. The first-order valence-corrected chi connectivity index (χ1v) is 6.83. The molecule has 1 aliphatic heterocycles. The highest BCUT2D eigenvalue weighted by molar-refractivity contribution is 5.42. The number of rotatable bonds is 4. The van der Waals surface area contributed by atoms with E-state index in [1.165, 1.54) is 5.56 Å². The van der Waals surface area contributed by atoms with Gasteiger partial charge in [-0.25, -0.2) is 4.98 Å². The van der Waals surface area contributed by atoms with E-state index in [1.807, 2.05) is 6.20 Å². The Bertz CT molecular complexity index is 372. The molecule has 4 nitrogen and oxygen atoms in total. The van der Waals surface area contributed by atoms with E-state index >= 15 is 0 Å². The van der Waals surface area contributed by atoms with Crippen molar-refractivity contribution in [3.8, 4) is 0 Å². The van der Waals surface area contributed by atoms with Crippen LogP contribution in [0.2, 0.25) is 0 Å². The number of pyridine rings is 1. The van der Waals surface area contributed by atoms with Gasteiger partial charge in [0.05, 0.1) is 0 Å². The maximum atomic E-state index is 4.51. The van der Waals surface area contributed by atoms with Crippen LogP contribution in [-0.4, -0.2) is 49.7 Å². The first kappa shape index (κ1) is 13.3. The molecular formula is C14H24N4. The number of nitrogens with one attached hydrogen (secondary N) is 1. The number of anilines is 1. The highest BCUT2D eigenvalue weighted by Crippen LogP contribution is 2.19. The third-order valence-electron chi connectivity index (χ3n) is 3.61. The predicted octanol–water partition coefficient (Wildman–Crippen LogP) is 1.50. The van der Waals surface area contributed by atoms with Crippen molar-refractivity contribution in [2.45, 2.75) is 19.9 Å². The molecule has 1 fully saturated rings. The molecule has 2 rings (SSSR count). The summed E-state index contributed by atoms with van der Waals surface area (Å²) in [5.74, 6) is 1.12. The van der Waals surface area contributed by atoms with E-state index in [4.69, 9.17) is 0 Å². The molecule has 4 heteroatoms. The molecule has 1 saturated heterocycles. The quantitative estimate of drug-likeness (QED) is 0.875. The van der Waals surface area contributed by atoms with Gasteiger partial charge in [-0.2, -0.15) is 0 Å². The second kappa shape index (κ2) is 6.16. The smallest absolute Gasteiger partial charge is 0.128 e. The van der Waals surface area contributed by atoms with Gasteiger partial charge in [0.2, 0.25) is 0 Å². The van der Waals surface area contributed by atoms with Crippen LogP contribution in [0.4, 0.5) is 5.82 Å². The zero-order valence-electron chi connectivity index (χ0n) is 11.7. The molecule has 100 valence electrons. The van der Waals surface area contributed by atoms with Gasteiger partial charge in [0.15, 0.2) is 0 Å². The number of hydrogen-bond acceptors (Lipinski definition) is 4. The Labute approximate surface area is 110 Å². The molecule has 1 unspecified atom stereocenters. The Morgan fingerprint density at radius 3 is 2.72 bits per heavy atom. The minimum atomic E-state index is 0.393. The third-order valence-corrected chi connectivity index (χ3v) is 3.61. The summed E-state index contributed by atoms with van der Waals surface area (Å²) in [4.78, 5) is 9.25. The summed E-state index contributed by atoms with van der Waals surface area (Å²) in [6.45, 7) is 9.72. The Morgan fingerprint density at radius 2 is 2.06 bits per heavy atom. The molecule has 1 atom stereocenters. The van der Waals surface area contributed by atoms with E-state index in [1.54, 1.807) is 0 Å². The topological polar surface area (TPSA) is 31.4 Å². The highest BCUT2D eigenvalue weighted by Gasteiger charge is 2.16. The first-order chi connectivity index (χ1) is 8.70. The third kappa shape index (κ3) is 3.21. The van der Waals surface area contributed by atoms with Crippen molar-refractivity contribution in [1.82, 2.24) is 15.2 Å². The summed E-state index contributed by atoms with van der Waals surface area (Å²) in [7, 11) is 2.18. The van der Waals surface area contributed by atoms with E-state index in [0.717, 1.165) is 38.5 Å². The van der Waals surface area contributed by atoms with Crippen LogP contribution in [0, 0.1) is 0 Å². The monoisotopic (exact) mass is 248 g/mol. The Morgan fingerprint density at radius 1 is 1.33 bits per heavy atom. The SMILES string of the molecule is CCNC(C)c1ccnc(N2CCN(C)CC2)c1. The van der Waals surface area contributed by atoms with Crippen molar-refractivity contribution in [3.63, 3.8) is 0 Å². The molecule has 0 amide bonds. The summed E-state index contributed by atoms with van der Waals surface area (Å²) in [5, 5.41) is 3.44. The average Bonchev–Trinajstić information content (AvgIpc) is 2.40. The van der Waals surface area contributed by atoms with Crippen molar-refractivity contribution in [1.29, 1.82) is 0 Å². The largest absolute Gasteiger partial charge is 0.354 e. The van der Waals surface area contributed by atoms with Gasteiger partial charge in [0, 0.05) is 38.4 Å². The molecule has 0 aromatic carbocycles. The standard InChI is InChI=1S/C14H24N4/c1-4-15-12(2)13-5-6-16-14(11-13)18-9-7-17(3)8-10-18/h5-6,11-12,15H,4,7-10H2,1-3H3. The zero-order chi connectivity index (χ0) is 13.0. The van der Waals surface area contributed by atoms with Crippen LogP contribution in [0.15, 0.2) is 18.3 Å². The van der Waals surface area contributed by atoms with E-state index in [9.17, 15) is 0 Å². The zero-order valence-corrected chi connectivity index (χ0v) is 11.7. The van der Waals surface area contributed by atoms with Crippen LogP contribution in [0.3, 0.4) is 0 Å². The van der Waals surface area contributed by atoms with E-state index < -0.39 is 0 Å². The fourth-order valence-electron chi connectivity index (χ4n) is 2.34. The number of likely N-dealkylation sites (N-methyl/N-ethyl adjacent to an activating group) is 1. The molecule has 1 aliphatic rings. The van der Waals surface area contributed by atoms with Crippen molar-refractivity contribution in [3.05, 3.63) is 23.9 Å². The lowest BCUT2D eigenvalue weighted by Gasteiger charge is -2.33. The van der Waals surface area contributed by atoms with Crippen LogP contribution in [0.1, 0.15) is 25.5 Å². The van der Waals surface area contributed by atoms with Gasteiger partial charge >= 0.3 is 0 Å². The van der Waals surface area contributed by atoms with Gasteiger partial charge in [0.25, 0.3) is 0 Å². The lowest BCUT2D eigenvalue weighted by Crippen LogP contribution is -2.44. The lowest BCUT2D eigenvalue weighted by atomic mass is 10.1. The minimum absolute atomic E-state index is 0.393. The van der Waals surface area contributed by atoms with E-state index in [-0.39, 0.29) is 0 Å².